The first-order valence-electron chi connectivity index (χ1n) is 9.03. The van der Waals surface area contributed by atoms with Gasteiger partial charge in [-0.2, -0.15) is 0 Å². The molecular formula is C20H32O2. The lowest BCUT2D eigenvalue weighted by Crippen LogP contribution is -2.20. The van der Waals surface area contributed by atoms with Crippen molar-refractivity contribution in [3.8, 4) is 0 Å². The van der Waals surface area contributed by atoms with Gasteiger partial charge in [0, 0.05) is 5.56 Å². The van der Waals surface area contributed by atoms with Crippen LogP contribution in [0.5, 0.6) is 0 Å². The Labute approximate surface area is 135 Å². The first-order valence-corrected chi connectivity index (χ1v) is 9.03. The van der Waals surface area contributed by atoms with Crippen LogP contribution in [-0.2, 0) is 0 Å². The molecule has 0 spiro atoms. The minimum atomic E-state index is -0.837. The number of benzene rings is 1. The van der Waals surface area contributed by atoms with Gasteiger partial charge in [-0.15, -0.1) is 0 Å². The fraction of sp³-hybridized carbons (Fsp3) is 0.650. The Hall–Kier alpha value is -1.15. The van der Waals surface area contributed by atoms with Gasteiger partial charge in [0.1, 0.15) is 6.10 Å². The average molecular weight is 304 g/mol. The third-order valence-corrected chi connectivity index (χ3v) is 4.19. The first-order chi connectivity index (χ1) is 10.8. The van der Waals surface area contributed by atoms with Gasteiger partial charge in [0.25, 0.3) is 0 Å². The number of Topliss-reactive ketones (excluding diaryl/α,β-unsaturated/α-hetero) is 1. The highest BCUT2D eigenvalue weighted by Gasteiger charge is 2.15. The summed E-state index contributed by atoms with van der Waals surface area (Å²) in [5.74, 6) is -0.142. The van der Waals surface area contributed by atoms with E-state index in [1.165, 1.54) is 51.4 Å². The molecule has 1 aromatic carbocycles. The molecule has 0 saturated heterocycles. The Morgan fingerprint density at radius 3 is 1.91 bits per heavy atom. The molecule has 0 heterocycles. The van der Waals surface area contributed by atoms with Gasteiger partial charge < -0.3 is 5.11 Å². The second kappa shape index (κ2) is 12.4. The summed E-state index contributed by atoms with van der Waals surface area (Å²) in [6, 6.07) is 9.08. The maximum atomic E-state index is 12.0. The number of hydrogen-bond acceptors (Lipinski definition) is 2. The summed E-state index contributed by atoms with van der Waals surface area (Å²) in [5.41, 5.74) is 0.613. The van der Waals surface area contributed by atoms with E-state index in [4.69, 9.17) is 0 Å². The molecule has 0 saturated carbocycles. The summed E-state index contributed by atoms with van der Waals surface area (Å²) in [6.45, 7) is 2.25. The van der Waals surface area contributed by atoms with Crippen molar-refractivity contribution in [1.29, 1.82) is 0 Å². The minimum Gasteiger partial charge on any atom is -0.385 e. The lowest BCUT2D eigenvalue weighted by atomic mass is 10.0. The molecule has 2 nitrogen and oxygen atoms in total. The van der Waals surface area contributed by atoms with Gasteiger partial charge in [-0.25, -0.2) is 0 Å². The van der Waals surface area contributed by atoms with Crippen LogP contribution >= 0.6 is 0 Å². The number of unbranched alkanes of at least 4 members (excludes halogenated alkanes) is 9. The molecule has 124 valence electrons. The Balaban J connectivity index is 1.99. The molecule has 0 fully saturated rings. The molecule has 0 aliphatic carbocycles. The summed E-state index contributed by atoms with van der Waals surface area (Å²) >= 11 is 0. The van der Waals surface area contributed by atoms with Crippen molar-refractivity contribution in [1.82, 2.24) is 0 Å². The molecule has 2 heteroatoms. The summed E-state index contributed by atoms with van der Waals surface area (Å²) in [7, 11) is 0. The summed E-state index contributed by atoms with van der Waals surface area (Å²) in [4.78, 5) is 12.0. The molecule has 1 rings (SSSR count). The van der Waals surface area contributed by atoms with E-state index in [0.717, 1.165) is 12.8 Å². The smallest absolute Gasteiger partial charge is 0.191 e. The van der Waals surface area contributed by atoms with Gasteiger partial charge in [0.15, 0.2) is 5.78 Å². The second-order valence-corrected chi connectivity index (χ2v) is 6.22. The summed E-state index contributed by atoms with van der Waals surface area (Å²) in [5, 5.41) is 9.94. The second-order valence-electron chi connectivity index (χ2n) is 6.22. The van der Waals surface area contributed by atoms with E-state index in [1.807, 2.05) is 18.2 Å². The molecule has 1 unspecified atom stereocenters. The van der Waals surface area contributed by atoms with Gasteiger partial charge in [-0.1, -0.05) is 101 Å². The van der Waals surface area contributed by atoms with E-state index >= 15 is 0 Å². The predicted octanol–water partition coefficient (Wildman–Crippen LogP) is 5.54. The fourth-order valence-electron chi connectivity index (χ4n) is 2.75. The zero-order chi connectivity index (χ0) is 16.0. The highest BCUT2D eigenvalue weighted by atomic mass is 16.3. The minimum absolute atomic E-state index is 0.142. The maximum absolute atomic E-state index is 12.0. The summed E-state index contributed by atoms with van der Waals surface area (Å²) < 4.78 is 0. The third-order valence-electron chi connectivity index (χ3n) is 4.19. The van der Waals surface area contributed by atoms with E-state index in [-0.39, 0.29) is 5.78 Å². The Morgan fingerprint density at radius 1 is 0.864 bits per heavy atom. The molecule has 0 bridgehead atoms. The van der Waals surface area contributed by atoms with Crippen LogP contribution in [0.2, 0.25) is 0 Å². The van der Waals surface area contributed by atoms with E-state index in [1.54, 1.807) is 12.1 Å². The number of ketones is 1. The monoisotopic (exact) mass is 304 g/mol. The Morgan fingerprint density at radius 2 is 1.36 bits per heavy atom. The number of rotatable bonds is 13. The quantitative estimate of drug-likeness (QED) is 0.383. The van der Waals surface area contributed by atoms with Crippen LogP contribution < -0.4 is 0 Å². The number of carbonyl (C=O) groups is 1. The molecule has 22 heavy (non-hydrogen) atoms. The van der Waals surface area contributed by atoms with Gasteiger partial charge in [0.2, 0.25) is 0 Å². The molecule has 0 aliphatic heterocycles. The van der Waals surface area contributed by atoms with Crippen molar-refractivity contribution in [2.24, 2.45) is 0 Å². The zero-order valence-corrected chi connectivity index (χ0v) is 14.1. The zero-order valence-electron chi connectivity index (χ0n) is 14.1. The predicted molar refractivity (Wildman–Crippen MR) is 93.2 cm³/mol. The fourth-order valence-corrected chi connectivity index (χ4v) is 2.75. The molecule has 0 amide bonds. The lowest BCUT2D eigenvalue weighted by molar-refractivity contribution is 0.0725. The number of aliphatic hydroxyl groups excluding tert-OH is 1. The standard InChI is InChI=1S/C20H32O2/c1-2-3-4-5-6-7-8-9-10-14-17-19(21)20(22)18-15-12-11-13-16-18/h11-13,15-16,19,21H,2-10,14,17H2,1H3. The molecule has 1 N–H and O–H groups in total. The summed E-state index contributed by atoms with van der Waals surface area (Å²) in [6.07, 6.45) is 12.4. The number of carbonyl (C=O) groups excluding carboxylic acids is 1. The Bertz CT molecular complexity index is 386. The number of hydrogen-bond donors (Lipinski definition) is 1. The highest BCUT2D eigenvalue weighted by Crippen LogP contribution is 2.13. The van der Waals surface area contributed by atoms with Crippen molar-refractivity contribution < 1.29 is 9.90 Å². The third kappa shape index (κ3) is 8.33. The van der Waals surface area contributed by atoms with Crippen LogP contribution in [-0.4, -0.2) is 17.0 Å². The maximum Gasteiger partial charge on any atom is 0.191 e. The van der Waals surface area contributed by atoms with Crippen molar-refractivity contribution in [2.75, 3.05) is 0 Å². The van der Waals surface area contributed by atoms with Crippen LogP contribution in [0.1, 0.15) is 87.9 Å². The van der Waals surface area contributed by atoms with Gasteiger partial charge in [-0.05, 0) is 6.42 Å². The first kappa shape index (κ1) is 18.9. The van der Waals surface area contributed by atoms with Crippen molar-refractivity contribution in [3.05, 3.63) is 35.9 Å². The number of aliphatic hydroxyl groups is 1. The van der Waals surface area contributed by atoms with Gasteiger partial charge in [-0.3, -0.25) is 4.79 Å². The van der Waals surface area contributed by atoms with Crippen molar-refractivity contribution in [2.45, 2.75) is 83.7 Å². The Kier molecular flexibility index (Phi) is 10.7. The highest BCUT2D eigenvalue weighted by molar-refractivity contribution is 5.99. The van der Waals surface area contributed by atoms with Crippen LogP contribution in [0.4, 0.5) is 0 Å². The lowest BCUT2D eigenvalue weighted by Gasteiger charge is -2.09. The molecule has 0 aromatic heterocycles. The van der Waals surface area contributed by atoms with Crippen LogP contribution in [0.25, 0.3) is 0 Å². The topological polar surface area (TPSA) is 37.3 Å². The van der Waals surface area contributed by atoms with Crippen molar-refractivity contribution >= 4 is 5.78 Å². The van der Waals surface area contributed by atoms with E-state index < -0.39 is 6.10 Å². The average Bonchev–Trinajstić information content (AvgIpc) is 2.56. The van der Waals surface area contributed by atoms with Crippen LogP contribution in [0.15, 0.2) is 30.3 Å². The van der Waals surface area contributed by atoms with E-state index in [0.29, 0.717) is 12.0 Å². The molecular weight excluding hydrogens is 272 g/mol. The molecule has 1 aromatic rings. The molecule has 0 aliphatic rings. The molecule has 1 atom stereocenters. The largest absolute Gasteiger partial charge is 0.385 e. The van der Waals surface area contributed by atoms with E-state index in [2.05, 4.69) is 6.92 Å². The van der Waals surface area contributed by atoms with E-state index in [9.17, 15) is 9.90 Å². The molecule has 0 radical (unpaired) electrons. The van der Waals surface area contributed by atoms with Crippen LogP contribution in [0.3, 0.4) is 0 Å². The van der Waals surface area contributed by atoms with Crippen LogP contribution in [0, 0.1) is 0 Å². The SMILES string of the molecule is CCCCCCCCCCCCC(O)C(=O)c1ccccc1. The normalized spacial score (nSPS) is 12.3. The van der Waals surface area contributed by atoms with Gasteiger partial charge >= 0.3 is 0 Å². The van der Waals surface area contributed by atoms with Gasteiger partial charge in [0.05, 0.1) is 0 Å². The van der Waals surface area contributed by atoms with Crippen molar-refractivity contribution in [3.63, 3.8) is 0 Å².